The van der Waals surface area contributed by atoms with Gasteiger partial charge < -0.3 is 0 Å². The number of ketones is 2. The number of fused-ring (bicyclic) bond motifs is 5. The normalized spacial score (nSPS) is 51.4. The zero-order valence-electron chi connectivity index (χ0n) is 16.4. The molecule has 0 aromatic rings. The molecular formula is C23H32O2. The number of hydrogen-bond donors (Lipinski definition) is 0. The number of hydrogen-bond acceptors (Lipinski definition) is 2. The van der Waals surface area contributed by atoms with Crippen LogP contribution in [-0.2, 0) is 9.59 Å². The van der Waals surface area contributed by atoms with Gasteiger partial charge in [-0.1, -0.05) is 39.3 Å². The Morgan fingerprint density at radius 2 is 1.88 bits per heavy atom. The van der Waals surface area contributed by atoms with Crippen molar-refractivity contribution in [3.05, 3.63) is 23.8 Å². The van der Waals surface area contributed by atoms with Crippen LogP contribution < -0.4 is 0 Å². The maximum absolute atomic E-state index is 12.7. The molecule has 25 heavy (non-hydrogen) atoms. The van der Waals surface area contributed by atoms with Gasteiger partial charge in [0, 0.05) is 10.8 Å². The molecule has 2 nitrogen and oxygen atoms in total. The zero-order valence-corrected chi connectivity index (χ0v) is 16.4. The third-order valence-electron chi connectivity index (χ3n) is 9.46. The topological polar surface area (TPSA) is 34.1 Å². The van der Waals surface area contributed by atoms with Crippen molar-refractivity contribution in [3.8, 4) is 0 Å². The maximum atomic E-state index is 12.7. The van der Waals surface area contributed by atoms with Crippen molar-refractivity contribution in [2.75, 3.05) is 0 Å². The lowest BCUT2D eigenvalue weighted by Crippen LogP contribution is -2.53. The van der Waals surface area contributed by atoms with E-state index in [9.17, 15) is 9.59 Å². The standard InChI is InChI=1S/C23H32O2/c1-14-12-20-18-7-6-16-13-17(25)8-10-21(16,3)19(18)9-11-22(20,4)23(14,5)15(2)24/h8,10,13-14,18-20H,6-7,9,11-12H2,1-5H3/t14-,18-,19-,20-,21+,22+,23-/m0/s1. The Balaban J connectivity index is 1.74. The second-order valence-corrected chi connectivity index (χ2v) is 9.95. The van der Waals surface area contributed by atoms with E-state index in [1.54, 1.807) is 6.08 Å². The molecule has 136 valence electrons. The predicted molar refractivity (Wildman–Crippen MR) is 100.0 cm³/mol. The van der Waals surface area contributed by atoms with Crippen LogP contribution in [0.15, 0.2) is 23.8 Å². The summed E-state index contributed by atoms with van der Waals surface area (Å²) in [5.41, 5.74) is 1.35. The van der Waals surface area contributed by atoms with Crippen molar-refractivity contribution >= 4 is 11.6 Å². The van der Waals surface area contributed by atoms with Crippen LogP contribution in [-0.4, -0.2) is 11.6 Å². The molecule has 4 aliphatic rings. The fourth-order valence-electron chi connectivity index (χ4n) is 7.53. The zero-order chi connectivity index (χ0) is 18.2. The summed E-state index contributed by atoms with van der Waals surface area (Å²) in [6.07, 6.45) is 11.6. The quantitative estimate of drug-likeness (QED) is 0.662. The first kappa shape index (κ1) is 17.2. The van der Waals surface area contributed by atoms with Crippen molar-refractivity contribution < 1.29 is 9.59 Å². The lowest BCUT2D eigenvalue weighted by molar-refractivity contribution is -0.140. The van der Waals surface area contributed by atoms with E-state index in [0.717, 1.165) is 12.8 Å². The van der Waals surface area contributed by atoms with Crippen molar-refractivity contribution in [3.63, 3.8) is 0 Å². The summed E-state index contributed by atoms with van der Waals surface area (Å²) in [7, 11) is 0. The molecule has 0 radical (unpaired) electrons. The number of Topliss-reactive ketones (excluding diaryl/α,β-unsaturated/α-hetero) is 1. The van der Waals surface area contributed by atoms with Crippen LogP contribution in [0.1, 0.15) is 66.7 Å². The van der Waals surface area contributed by atoms with E-state index >= 15 is 0 Å². The second kappa shape index (κ2) is 5.18. The Kier molecular flexibility index (Phi) is 3.57. The van der Waals surface area contributed by atoms with Gasteiger partial charge >= 0.3 is 0 Å². The summed E-state index contributed by atoms with van der Waals surface area (Å²) >= 11 is 0. The predicted octanol–water partition coefficient (Wildman–Crippen LogP) is 5.14. The molecule has 0 N–H and O–H groups in total. The van der Waals surface area contributed by atoms with E-state index < -0.39 is 0 Å². The van der Waals surface area contributed by atoms with E-state index in [-0.39, 0.29) is 22.0 Å². The van der Waals surface area contributed by atoms with Gasteiger partial charge in [-0.05, 0) is 80.3 Å². The van der Waals surface area contributed by atoms with E-state index in [2.05, 4.69) is 33.8 Å². The van der Waals surface area contributed by atoms with Crippen LogP contribution in [0.5, 0.6) is 0 Å². The van der Waals surface area contributed by atoms with Gasteiger partial charge in [-0.2, -0.15) is 0 Å². The highest BCUT2D eigenvalue weighted by Crippen LogP contribution is 2.70. The largest absolute Gasteiger partial charge is 0.299 e. The molecule has 0 aromatic heterocycles. The summed E-state index contributed by atoms with van der Waals surface area (Å²) in [5, 5.41) is 0. The Morgan fingerprint density at radius 3 is 2.56 bits per heavy atom. The van der Waals surface area contributed by atoms with Gasteiger partial charge in [0.1, 0.15) is 5.78 Å². The molecule has 4 aliphatic carbocycles. The van der Waals surface area contributed by atoms with Crippen LogP contribution in [0.3, 0.4) is 0 Å². The number of carbonyl (C=O) groups excluding carboxylic acids is 2. The molecule has 7 atom stereocenters. The first-order valence-corrected chi connectivity index (χ1v) is 10.1. The third kappa shape index (κ3) is 1.97. The molecule has 0 unspecified atom stereocenters. The Hall–Kier alpha value is -1.18. The van der Waals surface area contributed by atoms with Gasteiger partial charge in [-0.3, -0.25) is 9.59 Å². The lowest BCUT2D eigenvalue weighted by atomic mass is 9.45. The van der Waals surface area contributed by atoms with Crippen LogP contribution in [0.2, 0.25) is 0 Å². The van der Waals surface area contributed by atoms with Crippen LogP contribution >= 0.6 is 0 Å². The lowest BCUT2D eigenvalue weighted by Gasteiger charge is -2.58. The molecule has 2 heteroatoms. The first-order valence-electron chi connectivity index (χ1n) is 10.1. The number of rotatable bonds is 1. The van der Waals surface area contributed by atoms with Crippen molar-refractivity contribution in [1.29, 1.82) is 0 Å². The summed E-state index contributed by atoms with van der Waals surface area (Å²) in [6.45, 7) is 11.1. The molecule has 3 fully saturated rings. The minimum atomic E-state index is -0.183. The summed E-state index contributed by atoms with van der Waals surface area (Å²) < 4.78 is 0. The fraction of sp³-hybridized carbons (Fsp3) is 0.739. The molecule has 3 saturated carbocycles. The SMILES string of the molecule is CC(=O)[C@]1(C)[C@@H](C)C[C@H]2[C@H]3CCC4=CC(=O)C=C[C@@]4(C)[C@H]3CC[C@]21C. The fourth-order valence-corrected chi connectivity index (χ4v) is 7.53. The highest BCUT2D eigenvalue weighted by atomic mass is 16.1. The van der Waals surface area contributed by atoms with Crippen molar-refractivity contribution in [2.24, 2.45) is 39.9 Å². The number of carbonyl (C=O) groups is 2. The van der Waals surface area contributed by atoms with Crippen LogP contribution in [0, 0.1) is 39.9 Å². The molecule has 0 saturated heterocycles. The molecule has 0 aliphatic heterocycles. The molecule has 0 spiro atoms. The maximum Gasteiger partial charge on any atom is 0.178 e. The van der Waals surface area contributed by atoms with Crippen LogP contribution in [0.4, 0.5) is 0 Å². The highest BCUT2D eigenvalue weighted by molar-refractivity contribution is 6.01. The summed E-state index contributed by atoms with van der Waals surface area (Å²) in [6, 6.07) is 0. The van der Waals surface area contributed by atoms with Gasteiger partial charge in [0.15, 0.2) is 5.78 Å². The molecule has 0 bridgehead atoms. The molecule has 0 heterocycles. The molecule has 0 amide bonds. The average molecular weight is 341 g/mol. The van der Waals surface area contributed by atoms with Gasteiger partial charge in [0.25, 0.3) is 0 Å². The Labute approximate surface area is 152 Å². The smallest absolute Gasteiger partial charge is 0.178 e. The molecular weight excluding hydrogens is 308 g/mol. The van der Waals surface area contributed by atoms with Crippen molar-refractivity contribution in [1.82, 2.24) is 0 Å². The minimum absolute atomic E-state index is 0.0522. The van der Waals surface area contributed by atoms with E-state index in [1.807, 2.05) is 13.0 Å². The summed E-state index contributed by atoms with van der Waals surface area (Å²) in [4.78, 5) is 24.5. The summed E-state index contributed by atoms with van der Waals surface area (Å²) in [5.74, 6) is 2.95. The number of allylic oxidation sites excluding steroid dienone is 4. The third-order valence-corrected chi connectivity index (χ3v) is 9.46. The average Bonchev–Trinajstić information content (AvgIpc) is 2.77. The molecule has 0 aromatic carbocycles. The monoisotopic (exact) mass is 340 g/mol. The van der Waals surface area contributed by atoms with Crippen LogP contribution in [0.25, 0.3) is 0 Å². The van der Waals surface area contributed by atoms with Crippen molar-refractivity contribution in [2.45, 2.75) is 66.7 Å². The van der Waals surface area contributed by atoms with Gasteiger partial charge in [0.2, 0.25) is 0 Å². The first-order chi connectivity index (χ1) is 11.6. The van der Waals surface area contributed by atoms with E-state index in [4.69, 9.17) is 0 Å². The highest BCUT2D eigenvalue weighted by Gasteiger charge is 2.66. The molecule has 4 rings (SSSR count). The van der Waals surface area contributed by atoms with Gasteiger partial charge in [0.05, 0.1) is 0 Å². The minimum Gasteiger partial charge on any atom is -0.299 e. The van der Waals surface area contributed by atoms with Gasteiger partial charge in [-0.15, -0.1) is 0 Å². The van der Waals surface area contributed by atoms with E-state index in [0.29, 0.717) is 29.5 Å². The Bertz CT molecular complexity index is 701. The van der Waals surface area contributed by atoms with Gasteiger partial charge in [-0.25, -0.2) is 0 Å². The second-order valence-electron chi connectivity index (χ2n) is 9.95. The Morgan fingerprint density at radius 1 is 1.16 bits per heavy atom. The van der Waals surface area contributed by atoms with E-state index in [1.165, 1.54) is 24.8 Å².